The van der Waals surface area contributed by atoms with Crippen LogP contribution in [0.1, 0.15) is 17.7 Å². The highest BCUT2D eigenvalue weighted by molar-refractivity contribution is 6.03. The Morgan fingerprint density at radius 2 is 1.74 bits per heavy atom. The number of rotatable bonds is 5. The molecule has 0 bridgehead atoms. The van der Waals surface area contributed by atoms with Crippen molar-refractivity contribution >= 4 is 29.0 Å². The molecular weight excluding hydrogens is 398 g/mol. The number of hydrogen-bond donors (Lipinski definition) is 1. The summed E-state index contributed by atoms with van der Waals surface area (Å²) in [7, 11) is 0. The zero-order valence-electron chi connectivity index (χ0n) is 17.1. The van der Waals surface area contributed by atoms with Crippen molar-refractivity contribution in [2.45, 2.75) is 20.3 Å². The van der Waals surface area contributed by atoms with E-state index in [1.165, 1.54) is 16.8 Å². The molecule has 1 N–H and O–H groups in total. The van der Waals surface area contributed by atoms with Crippen LogP contribution in [0.25, 0.3) is 5.69 Å². The fourth-order valence-electron chi connectivity index (χ4n) is 3.59. The number of nitrogens with one attached hydrogen (secondary N) is 1. The van der Waals surface area contributed by atoms with Gasteiger partial charge in [-0.05, 0) is 38.1 Å². The van der Waals surface area contributed by atoms with Crippen LogP contribution in [0, 0.1) is 29.9 Å². The van der Waals surface area contributed by atoms with Crippen LogP contribution < -0.4 is 10.2 Å². The van der Waals surface area contributed by atoms with Gasteiger partial charge in [0.1, 0.15) is 5.82 Å². The molecule has 0 spiro atoms. The van der Waals surface area contributed by atoms with Crippen LogP contribution in [0.15, 0.2) is 54.6 Å². The Morgan fingerprint density at radius 1 is 1.10 bits per heavy atom. The summed E-state index contributed by atoms with van der Waals surface area (Å²) in [5.74, 6) is -0.415. The molecule has 2 amide bonds. The first-order chi connectivity index (χ1) is 14.8. The van der Waals surface area contributed by atoms with Crippen LogP contribution in [0.3, 0.4) is 0 Å². The van der Waals surface area contributed by atoms with Crippen molar-refractivity contribution in [1.82, 2.24) is 9.78 Å². The Labute approximate surface area is 178 Å². The first-order valence-electron chi connectivity index (χ1n) is 9.81. The lowest BCUT2D eigenvalue weighted by molar-refractivity contribution is -0.384. The molecule has 158 valence electrons. The molecule has 1 aromatic heterocycles. The van der Waals surface area contributed by atoms with Gasteiger partial charge in [0.2, 0.25) is 11.8 Å². The summed E-state index contributed by atoms with van der Waals surface area (Å²) in [4.78, 5) is 37.4. The molecule has 9 heteroatoms. The first kappa shape index (κ1) is 20.3. The van der Waals surface area contributed by atoms with E-state index in [0.717, 1.165) is 11.3 Å². The van der Waals surface area contributed by atoms with E-state index >= 15 is 0 Å². The minimum absolute atomic E-state index is 0.0288. The number of carbonyl (C=O) groups is 2. The maximum absolute atomic E-state index is 12.9. The maximum atomic E-state index is 12.9. The summed E-state index contributed by atoms with van der Waals surface area (Å²) in [6, 6.07) is 15.2. The predicted molar refractivity (Wildman–Crippen MR) is 115 cm³/mol. The SMILES string of the molecule is Cc1ccc(N2CC(C(=O)Nc3cc(C)nn3-c3ccc([N+](=O)[O-])cc3)CC2=O)cc1. The Morgan fingerprint density at radius 3 is 2.39 bits per heavy atom. The molecular formula is C22H21N5O4. The molecule has 1 fully saturated rings. The Kier molecular flexibility index (Phi) is 5.24. The van der Waals surface area contributed by atoms with Gasteiger partial charge in [-0.2, -0.15) is 5.10 Å². The highest BCUT2D eigenvalue weighted by Gasteiger charge is 2.35. The summed E-state index contributed by atoms with van der Waals surface area (Å²) < 4.78 is 1.52. The molecule has 3 aromatic rings. The van der Waals surface area contributed by atoms with Crippen molar-refractivity contribution in [1.29, 1.82) is 0 Å². The molecule has 2 aromatic carbocycles. The molecule has 4 rings (SSSR count). The average molecular weight is 419 g/mol. The Hall–Kier alpha value is -4.01. The van der Waals surface area contributed by atoms with Crippen molar-refractivity contribution in [3.63, 3.8) is 0 Å². The van der Waals surface area contributed by atoms with Gasteiger partial charge < -0.3 is 10.2 Å². The van der Waals surface area contributed by atoms with Crippen molar-refractivity contribution in [2.24, 2.45) is 5.92 Å². The number of amides is 2. The van der Waals surface area contributed by atoms with Crippen molar-refractivity contribution < 1.29 is 14.5 Å². The molecule has 31 heavy (non-hydrogen) atoms. The molecule has 1 atom stereocenters. The molecule has 0 radical (unpaired) electrons. The standard InChI is InChI=1S/C22H21N5O4/c1-14-3-5-17(6-4-14)25-13-16(12-21(25)28)22(29)23-20-11-15(2)24-26(20)18-7-9-19(10-8-18)27(30)31/h3-11,16H,12-13H2,1-2H3,(H,23,29). The topological polar surface area (TPSA) is 110 Å². The summed E-state index contributed by atoms with van der Waals surface area (Å²) in [5, 5.41) is 18.1. The largest absolute Gasteiger partial charge is 0.312 e. The average Bonchev–Trinajstić information content (AvgIpc) is 3.31. The second-order valence-electron chi connectivity index (χ2n) is 7.59. The normalized spacial score (nSPS) is 15.9. The molecule has 9 nitrogen and oxygen atoms in total. The lowest BCUT2D eigenvalue weighted by Gasteiger charge is -2.17. The van der Waals surface area contributed by atoms with Gasteiger partial charge in [0.05, 0.1) is 22.2 Å². The quantitative estimate of drug-likeness (QED) is 0.503. The third-order valence-electron chi connectivity index (χ3n) is 5.23. The number of aryl methyl sites for hydroxylation is 2. The lowest BCUT2D eigenvalue weighted by Crippen LogP contribution is -2.28. The Balaban J connectivity index is 1.51. The lowest BCUT2D eigenvalue weighted by atomic mass is 10.1. The van der Waals surface area contributed by atoms with Crippen LogP contribution in [0.2, 0.25) is 0 Å². The van der Waals surface area contributed by atoms with E-state index in [1.54, 1.807) is 30.0 Å². The second-order valence-corrected chi connectivity index (χ2v) is 7.59. The van der Waals surface area contributed by atoms with Gasteiger partial charge in [0, 0.05) is 36.9 Å². The van der Waals surface area contributed by atoms with Crippen LogP contribution in [-0.4, -0.2) is 33.1 Å². The number of nitrogens with zero attached hydrogens (tertiary/aromatic N) is 4. The Bertz CT molecular complexity index is 1150. The number of carbonyl (C=O) groups excluding carboxylic acids is 2. The monoisotopic (exact) mass is 419 g/mol. The molecule has 1 saturated heterocycles. The number of nitro benzene ring substituents is 1. The molecule has 1 aliphatic heterocycles. The molecule has 0 saturated carbocycles. The first-order valence-corrected chi connectivity index (χ1v) is 9.81. The van der Waals surface area contributed by atoms with E-state index in [4.69, 9.17) is 0 Å². The summed E-state index contributed by atoms with van der Waals surface area (Å²) in [5.41, 5.74) is 3.10. The van der Waals surface area contributed by atoms with Gasteiger partial charge in [0.15, 0.2) is 0 Å². The number of nitro groups is 1. The third-order valence-corrected chi connectivity index (χ3v) is 5.23. The van der Waals surface area contributed by atoms with Crippen LogP contribution in [-0.2, 0) is 9.59 Å². The minimum Gasteiger partial charge on any atom is -0.312 e. The van der Waals surface area contributed by atoms with Crippen LogP contribution >= 0.6 is 0 Å². The fourth-order valence-corrected chi connectivity index (χ4v) is 3.59. The molecule has 2 heterocycles. The summed E-state index contributed by atoms with van der Waals surface area (Å²) in [6.07, 6.45) is 0.129. The maximum Gasteiger partial charge on any atom is 0.269 e. The number of hydrogen-bond acceptors (Lipinski definition) is 5. The van der Waals surface area contributed by atoms with Crippen LogP contribution in [0.5, 0.6) is 0 Å². The van der Waals surface area contributed by atoms with Gasteiger partial charge in [-0.15, -0.1) is 0 Å². The number of benzene rings is 2. The van der Waals surface area contributed by atoms with E-state index in [9.17, 15) is 19.7 Å². The van der Waals surface area contributed by atoms with Gasteiger partial charge in [-0.1, -0.05) is 17.7 Å². The van der Waals surface area contributed by atoms with Gasteiger partial charge in [-0.3, -0.25) is 19.7 Å². The van der Waals surface area contributed by atoms with Crippen LogP contribution in [0.4, 0.5) is 17.2 Å². The molecule has 0 aliphatic carbocycles. The molecule has 1 unspecified atom stereocenters. The summed E-state index contributed by atoms with van der Waals surface area (Å²) >= 11 is 0. The highest BCUT2D eigenvalue weighted by Crippen LogP contribution is 2.27. The van der Waals surface area contributed by atoms with E-state index in [1.807, 2.05) is 31.2 Å². The fraction of sp³-hybridized carbons (Fsp3) is 0.227. The highest BCUT2D eigenvalue weighted by atomic mass is 16.6. The van der Waals surface area contributed by atoms with E-state index in [-0.39, 0.29) is 23.9 Å². The van der Waals surface area contributed by atoms with E-state index < -0.39 is 10.8 Å². The molecule has 1 aliphatic rings. The van der Waals surface area contributed by atoms with Crippen molar-refractivity contribution in [2.75, 3.05) is 16.8 Å². The third kappa shape index (κ3) is 4.16. The van der Waals surface area contributed by atoms with Crippen molar-refractivity contribution in [3.8, 4) is 5.69 Å². The number of anilines is 2. The van der Waals surface area contributed by atoms with Crippen molar-refractivity contribution in [3.05, 3.63) is 76.0 Å². The zero-order chi connectivity index (χ0) is 22.1. The van der Waals surface area contributed by atoms with E-state index in [2.05, 4.69) is 10.4 Å². The zero-order valence-corrected chi connectivity index (χ0v) is 17.1. The predicted octanol–water partition coefficient (Wildman–Crippen LogP) is 3.39. The van der Waals surface area contributed by atoms with Gasteiger partial charge in [0.25, 0.3) is 5.69 Å². The minimum atomic E-state index is -0.491. The summed E-state index contributed by atoms with van der Waals surface area (Å²) in [6.45, 7) is 4.07. The smallest absolute Gasteiger partial charge is 0.269 e. The van der Waals surface area contributed by atoms with E-state index in [0.29, 0.717) is 23.7 Å². The number of aromatic nitrogens is 2. The van der Waals surface area contributed by atoms with Gasteiger partial charge >= 0.3 is 0 Å². The van der Waals surface area contributed by atoms with Gasteiger partial charge in [-0.25, -0.2) is 4.68 Å². The number of non-ortho nitro benzene ring substituents is 1. The second kappa shape index (κ2) is 8.02.